The smallest absolute Gasteiger partial charge is 0.281 e. The molecule has 0 saturated heterocycles. The number of rotatable bonds is 4. The first-order chi connectivity index (χ1) is 7.40. The molecule has 0 saturated carbocycles. The maximum atomic E-state index is 13.8. The van der Waals surface area contributed by atoms with Crippen LogP contribution in [0.5, 0.6) is 0 Å². The molecule has 0 aliphatic heterocycles. The Kier molecular flexibility index (Phi) is 3.98. The van der Waals surface area contributed by atoms with Gasteiger partial charge in [-0.15, -0.1) is 0 Å². The van der Waals surface area contributed by atoms with Crippen LogP contribution in [0.3, 0.4) is 0 Å². The fourth-order valence-electron chi connectivity index (χ4n) is 1.32. The lowest BCUT2D eigenvalue weighted by Crippen LogP contribution is -2.24. The molecular formula is C9H13ClF2N4. The Balaban J connectivity index is 3.29. The molecular weight excluding hydrogens is 238 g/mol. The van der Waals surface area contributed by atoms with Gasteiger partial charge >= 0.3 is 0 Å². The van der Waals surface area contributed by atoms with Crippen LogP contribution in [0, 0.1) is 0 Å². The van der Waals surface area contributed by atoms with Crippen LogP contribution in [-0.2, 0) is 5.92 Å². The Morgan fingerprint density at radius 3 is 2.56 bits per heavy atom. The minimum absolute atomic E-state index is 0.110. The summed E-state index contributed by atoms with van der Waals surface area (Å²) in [4.78, 5) is 8.84. The average Bonchev–Trinajstić information content (AvgIpc) is 2.16. The monoisotopic (exact) mass is 250 g/mol. The number of hydrogen-bond acceptors (Lipinski definition) is 4. The number of nitrogens with zero attached hydrogens (tertiary/aromatic N) is 3. The van der Waals surface area contributed by atoms with Gasteiger partial charge in [0.1, 0.15) is 22.9 Å². The second-order valence-electron chi connectivity index (χ2n) is 3.50. The van der Waals surface area contributed by atoms with E-state index in [1.807, 2.05) is 0 Å². The minimum atomic E-state index is -3.12. The number of hydrogen-bond donors (Lipinski definition) is 1. The first kappa shape index (κ1) is 13.1. The van der Waals surface area contributed by atoms with E-state index in [1.54, 1.807) is 14.1 Å². The summed E-state index contributed by atoms with van der Waals surface area (Å²) in [7, 11) is 3.22. The van der Waals surface area contributed by atoms with Crippen LogP contribution in [0.1, 0.15) is 12.0 Å². The van der Waals surface area contributed by atoms with Gasteiger partial charge in [-0.25, -0.2) is 18.7 Å². The third kappa shape index (κ3) is 2.56. The standard InChI is InChI=1S/C9H13ClF2N4/c1-16(2)8-6(7(10)14-5-15-8)9(11,12)3-4-13/h5H,3-4,13H2,1-2H3. The van der Waals surface area contributed by atoms with Crippen LogP contribution in [0.25, 0.3) is 0 Å². The lowest BCUT2D eigenvalue weighted by molar-refractivity contribution is -0.0106. The molecule has 90 valence electrons. The highest BCUT2D eigenvalue weighted by Crippen LogP contribution is 2.39. The molecule has 0 aliphatic rings. The highest BCUT2D eigenvalue weighted by atomic mass is 35.5. The summed E-state index contributed by atoms with van der Waals surface area (Å²) in [5.41, 5.74) is 4.78. The molecule has 0 amide bonds. The van der Waals surface area contributed by atoms with Crippen molar-refractivity contribution in [3.63, 3.8) is 0 Å². The normalized spacial score (nSPS) is 11.6. The first-order valence-electron chi connectivity index (χ1n) is 4.66. The van der Waals surface area contributed by atoms with E-state index < -0.39 is 12.3 Å². The van der Waals surface area contributed by atoms with E-state index in [4.69, 9.17) is 17.3 Å². The molecule has 1 rings (SSSR count). The largest absolute Gasteiger partial charge is 0.362 e. The van der Waals surface area contributed by atoms with Crippen LogP contribution in [0.2, 0.25) is 5.15 Å². The van der Waals surface area contributed by atoms with Crippen molar-refractivity contribution >= 4 is 17.4 Å². The molecule has 1 heterocycles. The summed E-state index contributed by atoms with van der Waals surface area (Å²) >= 11 is 5.70. The summed E-state index contributed by atoms with van der Waals surface area (Å²) in [5.74, 6) is -3.01. The molecule has 0 aliphatic carbocycles. The molecule has 0 aromatic carbocycles. The Morgan fingerprint density at radius 1 is 1.44 bits per heavy atom. The number of anilines is 1. The molecule has 0 bridgehead atoms. The summed E-state index contributed by atoms with van der Waals surface area (Å²) in [6, 6.07) is 0. The molecule has 4 nitrogen and oxygen atoms in total. The first-order valence-corrected chi connectivity index (χ1v) is 5.04. The minimum Gasteiger partial charge on any atom is -0.362 e. The lowest BCUT2D eigenvalue weighted by atomic mass is 10.1. The zero-order valence-corrected chi connectivity index (χ0v) is 9.80. The van der Waals surface area contributed by atoms with Crippen molar-refractivity contribution in [1.82, 2.24) is 9.97 Å². The van der Waals surface area contributed by atoms with Gasteiger partial charge in [-0.2, -0.15) is 0 Å². The quantitative estimate of drug-likeness (QED) is 0.826. The summed E-state index contributed by atoms with van der Waals surface area (Å²) in [6.07, 6.45) is 0.667. The van der Waals surface area contributed by atoms with E-state index in [2.05, 4.69) is 9.97 Å². The highest BCUT2D eigenvalue weighted by Gasteiger charge is 2.37. The molecule has 0 radical (unpaired) electrons. The Labute approximate surface area is 97.4 Å². The van der Waals surface area contributed by atoms with Gasteiger partial charge in [0.15, 0.2) is 0 Å². The van der Waals surface area contributed by atoms with Gasteiger partial charge in [0.25, 0.3) is 5.92 Å². The van der Waals surface area contributed by atoms with Gasteiger partial charge in [0.05, 0.1) is 0 Å². The van der Waals surface area contributed by atoms with E-state index >= 15 is 0 Å². The van der Waals surface area contributed by atoms with Gasteiger partial charge in [-0.05, 0) is 6.54 Å². The Bertz CT molecular complexity index is 371. The van der Waals surface area contributed by atoms with Gasteiger partial charge in [-0.1, -0.05) is 11.6 Å². The van der Waals surface area contributed by atoms with Gasteiger partial charge in [0, 0.05) is 20.5 Å². The van der Waals surface area contributed by atoms with E-state index in [-0.39, 0.29) is 23.1 Å². The SMILES string of the molecule is CN(C)c1ncnc(Cl)c1C(F)(F)CCN. The van der Waals surface area contributed by atoms with E-state index in [0.717, 1.165) is 6.33 Å². The highest BCUT2D eigenvalue weighted by molar-refractivity contribution is 6.30. The average molecular weight is 251 g/mol. The van der Waals surface area contributed by atoms with Crippen LogP contribution in [0.15, 0.2) is 6.33 Å². The topological polar surface area (TPSA) is 55.0 Å². The second kappa shape index (κ2) is 4.88. The van der Waals surface area contributed by atoms with Gasteiger partial charge in [0.2, 0.25) is 0 Å². The molecule has 1 aromatic rings. The lowest BCUT2D eigenvalue weighted by Gasteiger charge is -2.22. The number of halogens is 3. The van der Waals surface area contributed by atoms with Crippen LogP contribution < -0.4 is 10.6 Å². The van der Waals surface area contributed by atoms with E-state index in [9.17, 15) is 8.78 Å². The van der Waals surface area contributed by atoms with Crippen molar-refractivity contribution in [3.05, 3.63) is 17.0 Å². The molecule has 1 aromatic heterocycles. The predicted octanol–water partition coefficient (Wildman–Crippen LogP) is 1.64. The molecule has 0 fully saturated rings. The van der Waals surface area contributed by atoms with Gasteiger partial charge < -0.3 is 10.6 Å². The Hall–Kier alpha value is -1.01. The van der Waals surface area contributed by atoms with Crippen molar-refractivity contribution in [2.24, 2.45) is 5.73 Å². The van der Waals surface area contributed by atoms with Crippen molar-refractivity contribution < 1.29 is 8.78 Å². The number of aromatic nitrogens is 2. The van der Waals surface area contributed by atoms with Crippen molar-refractivity contribution in [3.8, 4) is 0 Å². The van der Waals surface area contributed by atoms with Crippen LogP contribution in [-0.4, -0.2) is 30.6 Å². The fraction of sp³-hybridized carbons (Fsp3) is 0.556. The molecule has 2 N–H and O–H groups in total. The summed E-state index contributed by atoms with van der Waals surface area (Å²) in [5, 5.41) is -0.239. The third-order valence-electron chi connectivity index (χ3n) is 2.03. The van der Waals surface area contributed by atoms with Crippen molar-refractivity contribution in [2.75, 3.05) is 25.5 Å². The zero-order chi connectivity index (χ0) is 12.3. The van der Waals surface area contributed by atoms with Crippen molar-refractivity contribution in [2.45, 2.75) is 12.3 Å². The summed E-state index contributed by atoms with van der Waals surface area (Å²) in [6.45, 7) is -0.134. The van der Waals surface area contributed by atoms with E-state index in [1.165, 1.54) is 4.90 Å². The van der Waals surface area contributed by atoms with Crippen molar-refractivity contribution in [1.29, 1.82) is 0 Å². The number of nitrogens with two attached hydrogens (primary N) is 1. The second-order valence-corrected chi connectivity index (χ2v) is 3.86. The van der Waals surface area contributed by atoms with Gasteiger partial charge in [-0.3, -0.25) is 0 Å². The van der Waals surface area contributed by atoms with Crippen LogP contribution >= 0.6 is 11.6 Å². The predicted molar refractivity (Wildman–Crippen MR) is 58.9 cm³/mol. The van der Waals surface area contributed by atoms with Crippen LogP contribution in [0.4, 0.5) is 14.6 Å². The molecule has 0 unspecified atom stereocenters. The maximum absolute atomic E-state index is 13.8. The summed E-state index contributed by atoms with van der Waals surface area (Å²) < 4.78 is 27.5. The zero-order valence-electron chi connectivity index (χ0n) is 9.04. The fourth-order valence-corrected chi connectivity index (χ4v) is 1.58. The Morgan fingerprint density at radius 2 is 2.06 bits per heavy atom. The van der Waals surface area contributed by atoms with E-state index in [0.29, 0.717) is 0 Å². The number of alkyl halides is 2. The molecule has 7 heteroatoms. The molecule has 0 spiro atoms. The maximum Gasteiger partial charge on any atom is 0.281 e. The molecule has 16 heavy (non-hydrogen) atoms. The third-order valence-corrected chi connectivity index (χ3v) is 2.32. The molecule has 0 atom stereocenters.